The van der Waals surface area contributed by atoms with Crippen molar-refractivity contribution in [3.63, 3.8) is 0 Å². The summed E-state index contributed by atoms with van der Waals surface area (Å²) < 4.78 is 41.3. The molecule has 1 aromatic heterocycles. The molecule has 0 unspecified atom stereocenters. The van der Waals surface area contributed by atoms with Crippen LogP contribution in [0.5, 0.6) is 0 Å². The molecule has 1 aromatic carbocycles. The van der Waals surface area contributed by atoms with Gasteiger partial charge in [-0.2, -0.15) is 18.2 Å². The first-order valence-electron chi connectivity index (χ1n) is 13.3. The molecule has 2 heterocycles. The molecule has 1 aliphatic carbocycles. The number of nitrogens with one attached hydrogen (secondary N) is 3. The molecular formula is C27H36F3N7O2. The highest BCUT2D eigenvalue weighted by atomic mass is 19.4. The lowest BCUT2D eigenvalue weighted by atomic mass is 10.0. The molecule has 12 heteroatoms. The zero-order chi connectivity index (χ0) is 28.2. The van der Waals surface area contributed by atoms with Crippen molar-refractivity contribution in [3.8, 4) is 0 Å². The molecule has 3 N–H and O–H groups in total. The summed E-state index contributed by atoms with van der Waals surface area (Å²) in [7, 11) is 0. The minimum absolute atomic E-state index is 0.0276. The molecule has 9 nitrogen and oxygen atoms in total. The van der Waals surface area contributed by atoms with Gasteiger partial charge in [0.05, 0.1) is 5.92 Å². The Labute approximate surface area is 226 Å². The molecule has 0 spiro atoms. The van der Waals surface area contributed by atoms with Crippen LogP contribution >= 0.6 is 0 Å². The smallest absolute Gasteiger partial charge is 0.366 e. The third kappa shape index (κ3) is 7.59. The number of piperazine rings is 1. The molecule has 2 amide bonds. The largest absolute Gasteiger partial charge is 0.421 e. The molecule has 2 aliphatic rings. The lowest BCUT2D eigenvalue weighted by molar-refractivity contribution is -0.137. The normalized spacial score (nSPS) is 20.2. The van der Waals surface area contributed by atoms with Gasteiger partial charge in [0.25, 0.3) is 0 Å². The summed E-state index contributed by atoms with van der Waals surface area (Å²) >= 11 is 0. The molecule has 0 radical (unpaired) electrons. The van der Waals surface area contributed by atoms with Crippen molar-refractivity contribution in [2.75, 3.05) is 36.8 Å². The second-order valence-corrected chi connectivity index (χ2v) is 10.5. The molecule has 2 atom stereocenters. The Morgan fingerprint density at radius 1 is 1.08 bits per heavy atom. The van der Waals surface area contributed by atoms with Crippen LogP contribution in [0.25, 0.3) is 0 Å². The number of rotatable bonds is 8. The van der Waals surface area contributed by atoms with E-state index in [1.807, 2.05) is 43.0 Å². The number of alkyl halides is 3. The number of amides is 2. The summed E-state index contributed by atoms with van der Waals surface area (Å²) in [4.78, 5) is 36.3. The van der Waals surface area contributed by atoms with Crippen molar-refractivity contribution >= 4 is 29.3 Å². The van der Waals surface area contributed by atoms with Crippen LogP contribution in [0.1, 0.15) is 51.2 Å². The Morgan fingerprint density at radius 2 is 1.77 bits per heavy atom. The van der Waals surface area contributed by atoms with E-state index in [4.69, 9.17) is 0 Å². The van der Waals surface area contributed by atoms with Crippen LogP contribution in [0.15, 0.2) is 30.5 Å². The van der Waals surface area contributed by atoms with E-state index in [1.54, 1.807) is 6.92 Å². The van der Waals surface area contributed by atoms with Gasteiger partial charge in [0.2, 0.25) is 17.8 Å². The summed E-state index contributed by atoms with van der Waals surface area (Å²) in [5.41, 5.74) is 0.753. The van der Waals surface area contributed by atoms with Gasteiger partial charge in [-0.1, -0.05) is 18.6 Å². The second kappa shape index (κ2) is 12.2. The number of nitrogens with zero attached hydrogens (tertiary/aromatic N) is 4. The summed E-state index contributed by atoms with van der Waals surface area (Å²) in [5.74, 6) is -0.816. The van der Waals surface area contributed by atoms with Crippen LogP contribution in [-0.2, 0) is 22.3 Å². The molecule has 1 aliphatic heterocycles. The minimum atomic E-state index is -4.65. The molecule has 212 valence electrons. The number of aromatic nitrogens is 2. The van der Waals surface area contributed by atoms with E-state index in [1.165, 1.54) is 0 Å². The summed E-state index contributed by atoms with van der Waals surface area (Å²) in [6.07, 6.45) is -1.96. The standard InChI is InChI=1S/C27H36F3N7O2/c1-17(2)32-25(39)21-5-4-6-23(21)34-24-22(27(28,29)30)15-31-26(35-24)33-20-9-7-19(8-10-20)16-36-11-13-37(14-12-36)18(3)38/h7-10,15,17,21,23H,4-6,11-14,16H2,1-3H3,(H,32,39)(H2,31,33,34,35)/t21-,23-/m0/s1. The predicted octanol–water partition coefficient (Wildman–Crippen LogP) is 4.01. The molecule has 1 saturated heterocycles. The molecule has 39 heavy (non-hydrogen) atoms. The van der Waals surface area contributed by atoms with Crippen molar-refractivity contribution in [2.24, 2.45) is 5.92 Å². The fourth-order valence-corrected chi connectivity index (χ4v) is 5.07. The van der Waals surface area contributed by atoms with Crippen molar-refractivity contribution in [3.05, 3.63) is 41.6 Å². The van der Waals surface area contributed by atoms with Gasteiger partial charge in [0.15, 0.2) is 0 Å². The fourth-order valence-electron chi connectivity index (χ4n) is 5.07. The van der Waals surface area contributed by atoms with Gasteiger partial charge in [-0.3, -0.25) is 14.5 Å². The number of carbonyl (C=O) groups excluding carboxylic acids is 2. The molecule has 4 rings (SSSR count). The van der Waals surface area contributed by atoms with E-state index in [0.717, 1.165) is 37.8 Å². The first kappa shape index (κ1) is 28.6. The number of carbonyl (C=O) groups is 2. The Balaban J connectivity index is 1.43. The van der Waals surface area contributed by atoms with E-state index in [-0.39, 0.29) is 29.6 Å². The third-order valence-electron chi connectivity index (χ3n) is 7.13. The van der Waals surface area contributed by atoms with Crippen LogP contribution in [0.2, 0.25) is 0 Å². The summed E-state index contributed by atoms with van der Waals surface area (Å²) in [6, 6.07) is 7.04. The highest BCUT2D eigenvalue weighted by Crippen LogP contribution is 2.36. The quantitative estimate of drug-likeness (QED) is 0.459. The highest BCUT2D eigenvalue weighted by Gasteiger charge is 2.39. The van der Waals surface area contributed by atoms with Gasteiger partial charge in [-0.25, -0.2) is 4.98 Å². The first-order chi connectivity index (χ1) is 18.5. The zero-order valence-electron chi connectivity index (χ0n) is 22.5. The number of benzene rings is 1. The summed E-state index contributed by atoms with van der Waals surface area (Å²) in [6.45, 7) is 9.04. The van der Waals surface area contributed by atoms with Gasteiger partial charge >= 0.3 is 6.18 Å². The van der Waals surface area contributed by atoms with E-state index in [9.17, 15) is 22.8 Å². The van der Waals surface area contributed by atoms with Crippen LogP contribution < -0.4 is 16.0 Å². The maximum Gasteiger partial charge on any atom is 0.421 e. The Kier molecular flexibility index (Phi) is 8.94. The van der Waals surface area contributed by atoms with Gasteiger partial charge in [-0.15, -0.1) is 0 Å². The number of hydrogen-bond donors (Lipinski definition) is 3. The third-order valence-corrected chi connectivity index (χ3v) is 7.13. The van der Waals surface area contributed by atoms with E-state index >= 15 is 0 Å². The molecule has 2 aromatic rings. The van der Waals surface area contributed by atoms with Crippen LogP contribution in [0.4, 0.5) is 30.6 Å². The SMILES string of the molecule is CC(=O)N1CCN(Cc2ccc(Nc3ncc(C(F)(F)F)c(N[C@H]4CCC[C@@H]4C(=O)NC(C)C)n3)cc2)CC1. The lowest BCUT2D eigenvalue weighted by Crippen LogP contribution is -2.47. The Bertz CT molecular complexity index is 1150. The van der Waals surface area contributed by atoms with Crippen LogP contribution in [-0.4, -0.2) is 69.8 Å². The number of halogens is 3. The van der Waals surface area contributed by atoms with E-state index < -0.39 is 23.7 Å². The minimum Gasteiger partial charge on any atom is -0.366 e. The highest BCUT2D eigenvalue weighted by molar-refractivity contribution is 5.80. The summed E-state index contributed by atoms with van der Waals surface area (Å²) in [5, 5.41) is 8.76. The Hall–Kier alpha value is -3.41. The van der Waals surface area contributed by atoms with Crippen molar-refractivity contribution < 1.29 is 22.8 Å². The van der Waals surface area contributed by atoms with Crippen molar-refractivity contribution in [1.82, 2.24) is 25.1 Å². The lowest BCUT2D eigenvalue weighted by Gasteiger charge is -2.34. The molecule has 1 saturated carbocycles. The monoisotopic (exact) mass is 547 g/mol. The maximum absolute atomic E-state index is 13.8. The topological polar surface area (TPSA) is 102 Å². The van der Waals surface area contributed by atoms with Gasteiger partial charge < -0.3 is 20.9 Å². The average molecular weight is 548 g/mol. The van der Waals surface area contributed by atoms with Crippen LogP contribution in [0.3, 0.4) is 0 Å². The fraction of sp³-hybridized carbons (Fsp3) is 0.556. The second-order valence-electron chi connectivity index (χ2n) is 10.5. The predicted molar refractivity (Wildman–Crippen MR) is 142 cm³/mol. The van der Waals surface area contributed by atoms with Gasteiger partial charge in [0, 0.05) is 63.6 Å². The zero-order valence-corrected chi connectivity index (χ0v) is 22.5. The number of hydrogen-bond acceptors (Lipinski definition) is 7. The van der Waals surface area contributed by atoms with Gasteiger partial charge in [-0.05, 0) is 44.4 Å². The van der Waals surface area contributed by atoms with E-state index in [0.29, 0.717) is 31.6 Å². The van der Waals surface area contributed by atoms with Crippen LogP contribution in [0, 0.1) is 5.92 Å². The maximum atomic E-state index is 13.8. The average Bonchev–Trinajstić information content (AvgIpc) is 3.33. The Morgan fingerprint density at radius 3 is 2.38 bits per heavy atom. The first-order valence-corrected chi connectivity index (χ1v) is 13.3. The van der Waals surface area contributed by atoms with Gasteiger partial charge in [0.1, 0.15) is 11.4 Å². The van der Waals surface area contributed by atoms with Crippen molar-refractivity contribution in [1.29, 1.82) is 0 Å². The molecule has 0 bridgehead atoms. The molecule has 2 fully saturated rings. The van der Waals surface area contributed by atoms with E-state index in [2.05, 4.69) is 30.8 Å². The number of anilines is 3. The van der Waals surface area contributed by atoms with Crippen molar-refractivity contribution in [2.45, 2.75) is 64.8 Å². The molecular weight excluding hydrogens is 511 g/mol.